The molecule has 24 heavy (non-hydrogen) atoms. The summed E-state index contributed by atoms with van der Waals surface area (Å²) in [4.78, 5) is 23.0. The Morgan fingerprint density at radius 3 is 2.33 bits per heavy atom. The smallest absolute Gasteiger partial charge is 0.412 e. The number of alkyl carbamates (subject to hydrolysis) is 1. The fraction of sp³-hybridized carbons (Fsp3) is 0.111. The molecule has 6 nitrogen and oxygen atoms in total. The van der Waals surface area contributed by atoms with Gasteiger partial charge in [-0.25, -0.2) is 9.59 Å². The molecule has 0 heterocycles. The van der Waals surface area contributed by atoms with Gasteiger partial charge in [-0.2, -0.15) is 0 Å². The van der Waals surface area contributed by atoms with E-state index in [2.05, 4.69) is 5.32 Å². The molecule has 0 aliphatic rings. The zero-order valence-corrected chi connectivity index (χ0v) is 13.1. The molecule has 0 unspecified atom stereocenters. The first-order valence-electron chi connectivity index (χ1n) is 7.15. The van der Waals surface area contributed by atoms with Crippen LogP contribution in [0.4, 0.5) is 4.79 Å². The lowest BCUT2D eigenvalue weighted by atomic mass is 10.2. The molecular formula is C18H17NO5. The molecular weight excluding hydrogens is 310 g/mol. The Balaban J connectivity index is 2.00. The molecule has 0 fully saturated rings. The second-order valence-electron chi connectivity index (χ2n) is 4.82. The van der Waals surface area contributed by atoms with Crippen LogP contribution in [-0.2, 0) is 16.1 Å². The maximum absolute atomic E-state index is 11.8. The Kier molecular flexibility index (Phi) is 5.96. The SMILES string of the molecule is COc1ccc(/C=C(\NC(=O)OCc2ccccc2)C(=O)O)cc1. The lowest BCUT2D eigenvalue weighted by molar-refractivity contribution is -0.132. The van der Waals surface area contributed by atoms with Crippen molar-refractivity contribution in [1.82, 2.24) is 5.32 Å². The number of hydrogen-bond donors (Lipinski definition) is 2. The highest BCUT2D eigenvalue weighted by Crippen LogP contribution is 2.13. The van der Waals surface area contributed by atoms with Crippen LogP contribution in [0.5, 0.6) is 5.75 Å². The Bertz CT molecular complexity index is 723. The van der Waals surface area contributed by atoms with E-state index >= 15 is 0 Å². The number of methoxy groups -OCH3 is 1. The topological polar surface area (TPSA) is 84.9 Å². The van der Waals surface area contributed by atoms with Crippen LogP contribution in [0.2, 0.25) is 0 Å². The zero-order chi connectivity index (χ0) is 17.4. The van der Waals surface area contributed by atoms with Gasteiger partial charge in [0.15, 0.2) is 0 Å². The number of ether oxygens (including phenoxy) is 2. The van der Waals surface area contributed by atoms with E-state index in [9.17, 15) is 14.7 Å². The number of carbonyl (C=O) groups is 2. The number of nitrogens with one attached hydrogen (secondary N) is 1. The van der Waals surface area contributed by atoms with Gasteiger partial charge in [-0.05, 0) is 29.3 Å². The van der Waals surface area contributed by atoms with Crippen molar-refractivity contribution >= 4 is 18.1 Å². The Morgan fingerprint density at radius 1 is 1.08 bits per heavy atom. The van der Waals surface area contributed by atoms with E-state index < -0.39 is 12.1 Å². The van der Waals surface area contributed by atoms with Crippen molar-refractivity contribution in [2.45, 2.75) is 6.61 Å². The van der Waals surface area contributed by atoms with E-state index in [0.29, 0.717) is 11.3 Å². The van der Waals surface area contributed by atoms with E-state index in [-0.39, 0.29) is 12.3 Å². The van der Waals surface area contributed by atoms with Crippen LogP contribution in [0.25, 0.3) is 6.08 Å². The normalized spacial score (nSPS) is 10.8. The van der Waals surface area contributed by atoms with Gasteiger partial charge in [-0.3, -0.25) is 5.32 Å². The summed E-state index contributed by atoms with van der Waals surface area (Å²) in [6.45, 7) is 0.0576. The third-order valence-corrected chi connectivity index (χ3v) is 3.11. The van der Waals surface area contributed by atoms with Crippen LogP contribution in [0, 0.1) is 0 Å². The number of benzene rings is 2. The molecule has 0 saturated carbocycles. The number of hydrogen-bond acceptors (Lipinski definition) is 4. The lowest BCUT2D eigenvalue weighted by Crippen LogP contribution is -2.27. The molecule has 2 N–H and O–H groups in total. The first-order chi connectivity index (χ1) is 11.6. The summed E-state index contributed by atoms with van der Waals surface area (Å²) in [5, 5.41) is 11.4. The van der Waals surface area contributed by atoms with E-state index in [1.165, 1.54) is 13.2 Å². The van der Waals surface area contributed by atoms with E-state index in [4.69, 9.17) is 9.47 Å². The summed E-state index contributed by atoms with van der Waals surface area (Å²) in [5.74, 6) is -0.610. The maximum Gasteiger partial charge on any atom is 0.412 e. The number of carboxylic acids is 1. The van der Waals surface area contributed by atoms with Gasteiger partial charge in [0.2, 0.25) is 0 Å². The summed E-state index contributed by atoms with van der Waals surface area (Å²) in [6, 6.07) is 15.8. The van der Waals surface area contributed by atoms with Crippen LogP contribution in [0.15, 0.2) is 60.3 Å². The number of carbonyl (C=O) groups excluding carboxylic acids is 1. The molecule has 0 aliphatic carbocycles. The molecule has 0 bridgehead atoms. The number of rotatable bonds is 6. The quantitative estimate of drug-likeness (QED) is 0.797. The monoisotopic (exact) mass is 327 g/mol. The predicted molar refractivity (Wildman–Crippen MR) is 88.4 cm³/mol. The van der Waals surface area contributed by atoms with E-state index in [1.807, 2.05) is 18.2 Å². The summed E-state index contributed by atoms with van der Waals surface area (Å²) < 4.78 is 10.0. The van der Waals surface area contributed by atoms with E-state index in [0.717, 1.165) is 5.56 Å². The summed E-state index contributed by atoms with van der Waals surface area (Å²) in [7, 11) is 1.54. The predicted octanol–water partition coefficient (Wildman–Crippen LogP) is 3.05. The summed E-state index contributed by atoms with van der Waals surface area (Å²) in [6.07, 6.45) is 0.506. The first-order valence-corrected chi connectivity index (χ1v) is 7.15. The largest absolute Gasteiger partial charge is 0.497 e. The third-order valence-electron chi connectivity index (χ3n) is 3.11. The summed E-state index contributed by atoms with van der Waals surface area (Å²) >= 11 is 0. The minimum atomic E-state index is -1.26. The van der Waals surface area contributed by atoms with Gasteiger partial charge in [-0.15, -0.1) is 0 Å². The molecule has 124 valence electrons. The van der Waals surface area contributed by atoms with Gasteiger partial charge in [0.25, 0.3) is 0 Å². The average molecular weight is 327 g/mol. The van der Waals surface area contributed by atoms with Gasteiger partial charge in [-0.1, -0.05) is 42.5 Å². The molecule has 0 aromatic heterocycles. The van der Waals surface area contributed by atoms with Gasteiger partial charge in [0, 0.05) is 0 Å². The molecule has 2 aromatic rings. The molecule has 1 amide bonds. The van der Waals surface area contributed by atoms with Crippen molar-refractivity contribution in [1.29, 1.82) is 0 Å². The number of amides is 1. The number of carboxylic acid groups (broad SMARTS) is 1. The van der Waals surface area contributed by atoms with Gasteiger partial charge in [0.05, 0.1) is 7.11 Å². The van der Waals surface area contributed by atoms with Crippen molar-refractivity contribution in [3.05, 3.63) is 71.4 Å². The molecule has 0 spiro atoms. The third kappa shape index (κ3) is 5.17. The lowest BCUT2D eigenvalue weighted by Gasteiger charge is -2.08. The van der Waals surface area contributed by atoms with Crippen LogP contribution < -0.4 is 10.1 Å². The maximum atomic E-state index is 11.8. The molecule has 0 saturated heterocycles. The fourth-order valence-corrected chi connectivity index (χ4v) is 1.89. The zero-order valence-electron chi connectivity index (χ0n) is 13.1. The van der Waals surface area contributed by atoms with Crippen LogP contribution >= 0.6 is 0 Å². The van der Waals surface area contributed by atoms with Crippen LogP contribution in [0.1, 0.15) is 11.1 Å². The fourth-order valence-electron chi connectivity index (χ4n) is 1.89. The first kappa shape index (κ1) is 17.1. The molecule has 2 rings (SSSR count). The standard InChI is InChI=1S/C18H17NO5/c1-23-15-9-7-13(8-10-15)11-16(17(20)21)19-18(22)24-12-14-5-3-2-4-6-14/h2-11H,12H2,1H3,(H,19,22)(H,20,21)/b16-11-. The van der Waals surface area contributed by atoms with Crippen molar-refractivity contribution in [2.75, 3.05) is 7.11 Å². The van der Waals surface area contributed by atoms with Crippen LogP contribution in [0.3, 0.4) is 0 Å². The van der Waals surface area contributed by atoms with E-state index in [1.54, 1.807) is 36.4 Å². The highest BCUT2D eigenvalue weighted by Gasteiger charge is 2.12. The Hall–Kier alpha value is -3.28. The second-order valence-corrected chi connectivity index (χ2v) is 4.82. The van der Waals surface area contributed by atoms with Crippen molar-refractivity contribution in [3.8, 4) is 5.75 Å². The summed E-state index contributed by atoms with van der Waals surface area (Å²) in [5.41, 5.74) is 1.14. The highest BCUT2D eigenvalue weighted by molar-refractivity contribution is 5.95. The molecule has 6 heteroatoms. The van der Waals surface area contributed by atoms with Crippen molar-refractivity contribution in [3.63, 3.8) is 0 Å². The molecule has 0 atom stereocenters. The highest BCUT2D eigenvalue weighted by atomic mass is 16.5. The Morgan fingerprint density at radius 2 is 1.75 bits per heavy atom. The second kappa shape index (κ2) is 8.38. The molecule has 2 aromatic carbocycles. The Labute approximate surface area is 139 Å². The number of aliphatic carboxylic acids is 1. The molecule has 0 aliphatic heterocycles. The van der Waals surface area contributed by atoms with Gasteiger partial charge >= 0.3 is 12.1 Å². The molecule has 0 radical (unpaired) electrons. The van der Waals surface area contributed by atoms with Crippen LogP contribution in [-0.4, -0.2) is 24.3 Å². The van der Waals surface area contributed by atoms with Crippen molar-refractivity contribution in [2.24, 2.45) is 0 Å². The minimum absolute atomic E-state index is 0.0576. The minimum Gasteiger partial charge on any atom is -0.497 e. The van der Waals surface area contributed by atoms with Crippen molar-refractivity contribution < 1.29 is 24.2 Å². The van der Waals surface area contributed by atoms with Gasteiger partial charge in [0.1, 0.15) is 18.1 Å². The van der Waals surface area contributed by atoms with Gasteiger partial charge < -0.3 is 14.6 Å². The average Bonchev–Trinajstić information content (AvgIpc) is 2.61.